The molecule has 2 unspecified atom stereocenters. The van der Waals surface area contributed by atoms with Gasteiger partial charge in [-0.3, -0.25) is 19.2 Å². The predicted octanol–water partition coefficient (Wildman–Crippen LogP) is 0.712. The van der Waals surface area contributed by atoms with E-state index in [9.17, 15) is 19.2 Å². The summed E-state index contributed by atoms with van der Waals surface area (Å²) in [6, 6.07) is 0. The lowest BCUT2D eigenvalue weighted by molar-refractivity contribution is -0.152. The standard InChI is InChI=1S/C8H13NO3.C7H11NO3.2CH4.ClH/c1-9-4-3-7(10)6(5-9)8(11)12-2;1-11-7(10)5-4-8-3-2-6(5)9;;;/h6H,3-5H2,1-2H3;5,8H,2-4H2,1H3;2*1H4;1H. The number of ketones is 2. The van der Waals surface area contributed by atoms with Gasteiger partial charge >= 0.3 is 11.9 Å². The first kappa shape index (κ1) is 29.3. The summed E-state index contributed by atoms with van der Waals surface area (Å²) in [4.78, 5) is 46.2. The van der Waals surface area contributed by atoms with E-state index in [2.05, 4.69) is 14.8 Å². The molecule has 2 aliphatic heterocycles. The molecule has 0 aromatic heterocycles. The van der Waals surface area contributed by atoms with Gasteiger partial charge in [0.1, 0.15) is 23.4 Å². The van der Waals surface area contributed by atoms with Crippen LogP contribution in [0.2, 0.25) is 0 Å². The van der Waals surface area contributed by atoms with E-state index in [0.717, 1.165) is 6.54 Å². The van der Waals surface area contributed by atoms with Crippen molar-refractivity contribution < 1.29 is 28.7 Å². The number of hydrogen-bond donors (Lipinski definition) is 1. The van der Waals surface area contributed by atoms with Crippen LogP contribution in [0.15, 0.2) is 0 Å². The molecule has 2 fully saturated rings. The fourth-order valence-corrected chi connectivity index (χ4v) is 2.43. The molecule has 0 saturated carbocycles. The average molecular weight is 397 g/mol. The topological polar surface area (TPSA) is 102 Å². The molecule has 0 radical (unpaired) electrons. The quantitative estimate of drug-likeness (QED) is 0.538. The molecule has 0 spiro atoms. The number of carbonyl (C=O) groups excluding carboxylic acids is 4. The second kappa shape index (κ2) is 14.6. The third kappa shape index (κ3) is 8.73. The van der Waals surface area contributed by atoms with E-state index in [1.165, 1.54) is 14.2 Å². The molecule has 8 nitrogen and oxygen atoms in total. The second-order valence-corrected chi connectivity index (χ2v) is 5.55. The van der Waals surface area contributed by atoms with E-state index < -0.39 is 23.8 Å². The summed E-state index contributed by atoms with van der Waals surface area (Å²) in [6.07, 6.45) is 0.885. The van der Waals surface area contributed by atoms with Crippen LogP contribution in [-0.2, 0) is 28.7 Å². The molecule has 2 heterocycles. The maximum atomic E-state index is 11.2. The summed E-state index contributed by atoms with van der Waals surface area (Å²) in [7, 11) is 4.50. The molecule has 2 atom stereocenters. The molecule has 1 N–H and O–H groups in total. The number of halogens is 1. The van der Waals surface area contributed by atoms with Crippen LogP contribution in [0.3, 0.4) is 0 Å². The van der Waals surface area contributed by atoms with E-state index in [1.807, 2.05) is 11.9 Å². The number of rotatable bonds is 2. The molecule has 0 aromatic rings. The molecule has 0 aromatic carbocycles. The van der Waals surface area contributed by atoms with Crippen molar-refractivity contribution >= 4 is 35.9 Å². The van der Waals surface area contributed by atoms with Gasteiger partial charge in [-0.2, -0.15) is 0 Å². The number of piperidine rings is 2. The number of methoxy groups -OCH3 is 2. The SMILES string of the molecule is C.C.COC(=O)C1CN(C)CCC1=O.COC(=O)C1CNCCC1=O.Cl. The van der Waals surface area contributed by atoms with Crippen LogP contribution >= 0.6 is 12.4 Å². The zero-order valence-electron chi connectivity index (χ0n) is 14.2. The molecule has 9 heteroatoms. The fraction of sp³-hybridized carbons (Fsp3) is 0.765. The lowest BCUT2D eigenvalue weighted by atomic mass is 9.97. The summed E-state index contributed by atoms with van der Waals surface area (Å²) in [5.41, 5.74) is 0. The Hall–Kier alpha value is -1.51. The maximum absolute atomic E-state index is 11.2. The Morgan fingerprint density at radius 2 is 1.50 bits per heavy atom. The lowest BCUT2D eigenvalue weighted by Gasteiger charge is -2.26. The average Bonchev–Trinajstić information content (AvgIpc) is 2.56. The van der Waals surface area contributed by atoms with Gasteiger partial charge in [0, 0.05) is 39.0 Å². The number of Topliss-reactive ketones (excluding diaryl/α,β-unsaturated/α-hetero) is 2. The molecule has 2 rings (SSSR count). The lowest BCUT2D eigenvalue weighted by Crippen LogP contribution is -2.42. The van der Waals surface area contributed by atoms with Crippen molar-refractivity contribution in [1.29, 1.82) is 0 Å². The van der Waals surface area contributed by atoms with Crippen LogP contribution < -0.4 is 5.32 Å². The Morgan fingerprint density at radius 1 is 1.00 bits per heavy atom. The van der Waals surface area contributed by atoms with Gasteiger partial charge in [-0.05, 0) is 7.05 Å². The summed E-state index contributed by atoms with van der Waals surface area (Å²) in [5.74, 6) is -1.99. The van der Waals surface area contributed by atoms with E-state index >= 15 is 0 Å². The number of hydrogen-bond acceptors (Lipinski definition) is 8. The molecular weight excluding hydrogens is 364 g/mol. The minimum Gasteiger partial charge on any atom is -0.468 e. The van der Waals surface area contributed by atoms with Gasteiger partial charge in [-0.25, -0.2) is 0 Å². The molecule has 0 bridgehead atoms. The van der Waals surface area contributed by atoms with Crippen LogP contribution in [0.25, 0.3) is 0 Å². The summed E-state index contributed by atoms with van der Waals surface area (Å²) >= 11 is 0. The van der Waals surface area contributed by atoms with Gasteiger partial charge in [0.05, 0.1) is 14.2 Å². The van der Waals surface area contributed by atoms with Crippen molar-refractivity contribution in [3.8, 4) is 0 Å². The minimum absolute atomic E-state index is 0. The highest BCUT2D eigenvalue weighted by Crippen LogP contribution is 2.12. The maximum Gasteiger partial charge on any atom is 0.317 e. The van der Waals surface area contributed by atoms with Gasteiger partial charge < -0.3 is 19.7 Å². The summed E-state index contributed by atoms with van der Waals surface area (Å²) < 4.78 is 8.98. The molecule has 26 heavy (non-hydrogen) atoms. The van der Waals surface area contributed by atoms with Gasteiger partial charge in [0.2, 0.25) is 0 Å². The monoisotopic (exact) mass is 396 g/mol. The van der Waals surface area contributed by atoms with E-state index in [0.29, 0.717) is 32.5 Å². The van der Waals surface area contributed by atoms with Crippen LogP contribution in [0.5, 0.6) is 0 Å². The summed E-state index contributed by atoms with van der Waals surface area (Å²) in [5, 5.41) is 2.96. The Balaban J connectivity index is -0.000000366. The molecule has 0 aliphatic carbocycles. The van der Waals surface area contributed by atoms with E-state index in [-0.39, 0.29) is 38.8 Å². The van der Waals surface area contributed by atoms with Crippen molar-refractivity contribution in [2.24, 2.45) is 11.8 Å². The molecule has 2 saturated heterocycles. The van der Waals surface area contributed by atoms with E-state index in [4.69, 9.17) is 0 Å². The summed E-state index contributed by atoms with van der Waals surface area (Å²) in [6.45, 7) is 2.33. The van der Waals surface area contributed by atoms with Crippen molar-refractivity contribution in [2.75, 3.05) is 47.4 Å². The Kier molecular flexibility index (Phi) is 16.5. The first-order valence-corrected chi connectivity index (χ1v) is 7.51. The van der Waals surface area contributed by atoms with Crippen molar-refractivity contribution in [2.45, 2.75) is 27.7 Å². The van der Waals surface area contributed by atoms with Crippen LogP contribution in [0.4, 0.5) is 0 Å². The third-order valence-electron chi connectivity index (χ3n) is 3.88. The predicted molar refractivity (Wildman–Crippen MR) is 101 cm³/mol. The fourth-order valence-electron chi connectivity index (χ4n) is 2.43. The molecule has 0 amide bonds. The van der Waals surface area contributed by atoms with Crippen molar-refractivity contribution in [1.82, 2.24) is 10.2 Å². The van der Waals surface area contributed by atoms with Crippen molar-refractivity contribution in [3.05, 3.63) is 0 Å². The third-order valence-corrected chi connectivity index (χ3v) is 3.88. The van der Waals surface area contributed by atoms with Gasteiger partial charge in [0.15, 0.2) is 0 Å². The highest BCUT2D eigenvalue weighted by atomic mass is 35.5. The van der Waals surface area contributed by atoms with E-state index in [1.54, 1.807) is 0 Å². The van der Waals surface area contributed by atoms with Gasteiger partial charge in [0.25, 0.3) is 0 Å². The molecule has 154 valence electrons. The number of esters is 2. The highest BCUT2D eigenvalue weighted by molar-refractivity contribution is 6.00. The number of nitrogens with zero attached hydrogens (tertiary/aromatic N) is 1. The van der Waals surface area contributed by atoms with Crippen LogP contribution in [0.1, 0.15) is 27.7 Å². The van der Waals surface area contributed by atoms with Crippen LogP contribution in [-0.4, -0.2) is 75.9 Å². The number of likely N-dealkylation sites (tertiary alicyclic amines) is 1. The first-order valence-electron chi connectivity index (χ1n) is 7.51. The number of carbonyl (C=O) groups is 4. The van der Waals surface area contributed by atoms with Gasteiger partial charge in [-0.1, -0.05) is 14.9 Å². The van der Waals surface area contributed by atoms with Crippen LogP contribution in [0, 0.1) is 11.8 Å². The molecule has 2 aliphatic rings. The number of ether oxygens (including phenoxy) is 2. The largest absolute Gasteiger partial charge is 0.468 e. The zero-order chi connectivity index (χ0) is 17.4. The zero-order valence-corrected chi connectivity index (χ0v) is 15.0. The Bertz CT molecular complexity index is 456. The first-order chi connectivity index (χ1) is 10.9. The smallest absolute Gasteiger partial charge is 0.317 e. The molecular formula is C17H33ClN2O6. The number of nitrogens with one attached hydrogen (secondary N) is 1. The Labute approximate surface area is 162 Å². The van der Waals surface area contributed by atoms with Gasteiger partial charge in [-0.15, -0.1) is 12.4 Å². The minimum atomic E-state index is -0.575. The highest BCUT2D eigenvalue weighted by Gasteiger charge is 2.32. The Morgan fingerprint density at radius 3 is 2.00 bits per heavy atom. The normalized spacial score (nSPS) is 22.3. The second-order valence-electron chi connectivity index (χ2n) is 5.55. The van der Waals surface area contributed by atoms with Crippen molar-refractivity contribution in [3.63, 3.8) is 0 Å².